The third kappa shape index (κ3) is 2.35. The number of aliphatic hydroxyl groups excluding tert-OH is 1. The van der Waals surface area contributed by atoms with Crippen molar-refractivity contribution in [1.82, 2.24) is 15.2 Å². The number of nitrogens with one attached hydrogen (secondary N) is 1. The Balaban J connectivity index is 2.15. The molecule has 2 heterocycles. The van der Waals surface area contributed by atoms with Gasteiger partial charge in [0.25, 0.3) is 0 Å². The number of thiazole rings is 1. The summed E-state index contributed by atoms with van der Waals surface area (Å²) in [6.45, 7) is 1.67. The van der Waals surface area contributed by atoms with Crippen LogP contribution in [0.15, 0.2) is 36.5 Å². The van der Waals surface area contributed by atoms with Crippen LogP contribution in [0.2, 0.25) is 0 Å². The molecule has 0 radical (unpaired) electrons. The number of aromatic amines is 1. The maximum absolute atomic E-state index is 13.0. The van der Waals surface area contributed by atoms with Crippen LogP contribution in [-0.2, 0) is 0 Å². The summed E-state index contributed by atoms with van der Waals surface area (Å²) in [4.78, 5) is 5.33. The number of hydrogen-bond donors (Lipinski definition) is 2. The molecule has 2 aromatic heterocycles. The van der Waals surface area contributed by atoms with Gasteiger partial charge in [0.1, 0.15) is 22.6 Å². The van der Waals surface area contributed by atoms with Crippen LogP contribution in [0.4, 0.5) is 4.39 Å². The molecule has 0 aliphatic rings. The van der Waals surface area contributed by atoms with Crippen LogP contribution in [0.3, 0.4) is 0 Å². The average molecular weight is 289 g/mol. The van der Waals surface area contributed by atoms with Gasteiger partial charge in [0.05, 0.1) is 10.6 Å². The Morgan fingerprint density at radius 1 is 1.25 bits per heavy atom. The fourth-order valence-corrected chi connectivity index (χ4v) is 2.91. The Labute approximate surface area is 118 Å². The first kappa shape index (κ1) is 13.0. The fraction of sp³-hybridized carbons (Fsp3) is 0.143. The van der Waals surface area contributed by atoms with Crippen molar-refractivity contribution in [2.24, 2.45) is 0 Å². The van der Waals surface area contributed by atoms with Crippen LogP contribution in [0, 0.1) is 5.82 Å². The molecule has 1 atom stereocenters. The first-order valence-electron chi connectivity index (χ1n) is 6.09. The van der Waals surface area contributed by atoms with Gasteiger partial charge in [-0.05, 0) is 30.7 Å². The van der Waals surface area contributed by atoms with Gasteiger partial charge in [0, 0.05) is 6.20 Å². The van der Waals surface area contributed by atoms with Crippen LogP contribution in [-0.4, -0.2) is 20.3 Å². The van der Waals surface area contributed by atoms with Gasteiger partial charge in [-0.2, -0.15) is 5.10 Å². The van der Waals surface area contributed by atoms with E-state index in [1.54, 1.807) is 25.3 Å². The summed E-state index contributed by atoms with van der Waals surface area (Å²) in [5.41, 5.74) is 2.35. The molecule has 0 saturated carbocycles. The van der Waals surface area contributed by atoms with E-state index in [9.17, 15) is 9.50 Å². The molecule has 4 nitrogen and oxygen atoms in total. The SMILES string of the molecule is C[C@H](O)c1nc(-c2ccn[nH]2)c(-c2ccc(F)cc2)s1. The van der Waals surface area contributed by atoms with Crippen LogP contribution >= 0.6 is 11.3 Å². The molecule has 20 heavy (non-hydrogen) atoms. The van der Waals surface area contributed by atoms with Gasteiger partial charge in [-0.1, -0.05) is 12.1 Å². The predicted molar refractivity (Wildman–Crippen MR) is 75.7 cm³/mol. The Morgan fingerprint density at radius 3 is 2.60 bits per heavy atom. The molecule has 6 heteroatoms. The van der Waals surface area contributed by atoms with Crippen LogP contribution in [0.1, 0.15) is 18.0 Å². The molecule has 1 aromatic carbocycles. The largest absolute Gasteiger partial charge is 0.386 e. The number of aliphatic hydroxyl groups is 1. The normalized spacial score (nSPS) is 12.6. The predicted octanol–water partition coefficient (Wildman–Crippen LogP) is 3.39. The Hall–Kier alpha value is -2.05. The number of nitrogens with zero attached hydrogens (tertiary/aromatic N) is 2. The summed E-state index contributed by atoms with van der Waals surface area (Å²) < 4.78 is 13.0. The molecule has 0 unspecified atom stereocenters. The summed E-state index contributed by atoms with van der Waals surface area (Å²) >= 11 is 1.39. The molecule has 3 rings (SSSR count). The minimum Gasteiger partial charge on any atom is -0.386 e. The second-order valence-electron chi connectivity index (χ2n) is 4.38. The van der Waals surface area contributed by atoms with Gasteiger partial charge in [0.2, 0.25) is 0 Å². The summed E-state index contributed by atoms with van der Waals surface area (Å²) in [6.07, 6.45) is 1.00. The Bertz CT molecular complexity index is 705. The number of H-pyrrole nitrogens is 1. The minimum absolute atomic E-state index is 0.280. The average Bonchev–Trinajstić information content (AvgIpc) is 3.08. The molecule has 102 valence electrons. The molecule has 0 aliphatic carbocycles. The highest BCUT2D eigenvalue weighted by Gasteiger charge is 2.18. The summed E-state index contributed by atoms with van der Waals surface area (Å²) in [7, 11) is 0. The van der Waals surface area contributed by atoms with Crippen molar-refractivity contribution in [1.29, 1.82) is 0 Å². The quantitative estimate of drug-likeness (QED) is 0.777. The number of hydrogen-bond acceptors (Lipinski definition) is 4. The van der Waals surface area contributed by atoms with E-state index in [2.05, 4.69) is 15.2 Å². The van der Waals surface area contributed by atoms with Gasteiger partial charge in [-0.15, -0.1) is 11.3 Å². The van der Waals surface area contributed by atoms with Gasteiger partial charge < -0.3 is 5.11 Å². The zero-order valence-corrected chi connectivity index (χ0v) is 11.5. The van der Waals surface area contributed by atoms with Crippen molar-refractivity contribution < 1.29 is 9.50 Å². The van der Waals surface area contributed by atoms with Crippen molar-refractivity contribution in [3.8, 4) is 21.8 Å². The second kappa shape index (κ2) is 5.15. The third-order valence-electron chi connectivity index (χ3n) is 2.86. The van der Waals surface area contributed by atoms with Crippen molar-refractivity contribution in [2.75, 3.05) is 0 Å². The van der Waals surface area contributed by atoms with Crippen molar-refractivity contribution >= 4 is 11.3 Å². The third-order valence-corrected chi connectivity index (χ3v) is 4.14. The molecular weight excluding hydrogens is 277 g/mol. The van der Waals surface area contributed by atoms with Crippen LogP contribution in [0.5, 0.6) is 0 Å². The van der Waals surface area contributed by atoms with E-state index in [0.29, 0.717) is 5.01 Å². The smallest absolute Gasteiger partial charge is 0.123 e. The maximum Gasteiger partial charge on any atom is 0.123 e. The number of halogens is 1. The standard InChI is InChI=1S/C14H12FN3OS/c1-8(19)14-17-12(11-6-7-16-18-11)13(20-14)9-2-4-10(15)5-3-9/h2-8,19H,1H3,(H,16,18)/t8-/m0/s1. The molecule has 0 saturated heterocycles. The molecule has 0 fully saturated rings. The summed E-state index contributed by atoms with van der Waals surface area (Å²) in [6, 6.07) is 8.04. The van der Waals surface area contributed by atoms with Crippen LogP contribution in [0.25, 0.3) is 21.8 Å². The Morgan fingerprint density at radius 2 is 2.00 bits per heavy atom. The maximum atomic E-state index is 13.0. The zero-order chi connectivity index (χ0) is 14.1. The fourth-order valence-electron chi connectivity index (χ4n) is 1.88. The molecular formula is C14H12FN3OS. The lowest BCUT2D eigenvalue weighted by Gasteiger charge is -2.00. The van der Waals surface area contributed by atoms with E-state index >= 15 is 0 Å². The number of rotatable bonds is 3. The molecule has 0 amide bonds. The van der Waals surface area contributed by atoms with Gasteiger partial charge in [-0.3, -0.25) is 5.10 Å². The van der Waals surface area contributed by atoms with Crippen molar-refractivity contribution in [3.05, 3.63) is 47.4 Å². The summed E-state index contributed by atoms with van der Waals surface area (Å²) in [5, 5.41) is 17.1. The minimum atomic E-state index is -0.643. The zero-order valence-electron chi connectivity index (χ0n) is 10.7. The van der Waals surface area contributed by atoms with Crippen molar-refractivity contribution in [2.45, 2.75) is 13.0 Å². The summed E-state index contributed by atoms with van der Waals surface area (Å²) in [5.74, 6) is -0.280. The van der Waals surface area contributed by atoms with Crippen LogP contribution < -0.4 is 0 Å². The monoisotopic (exact) mass is 289 g/mol. The molecule has 3 aromatic rings. The highest BCUT2D eigenvalue weighted by atomic mass is 32.1. The van der Waals surface area contributed by atoms with Gasteiger partial charge in [0.15, 0.2) is 0 Å². The van der Waals surface area contributed by atoms with E-state index in [0.717, 1.165) is 21.8 Å². The van der Waals surface area contributed by atoms with Gasteiger partial charge >= 0.3 is 0 Å². The molecule has 2 N–H and O–H groups in total. The first-order chi connectivity index (χ1) is 9.65. The Kier molecular flexibility index (Phi) is 3.33. The highest BCUT2D eigenvalue weighted by molar-refractivity contribution is 7.15. The first-order valence-corrected chi connectivity index (χ1v) is 6.91. The van der Waals surface area contributed by atoms with Gasteiger partial charge in [-0.25, -0.2) is 9.37 Å². The van der Waals surface area contributed by atoms with E-state index in [4.69, 9.17) is 0 Å². The van der Waals surface area contributed by atoms with E-state index in [1.165, 1.54) is 23.5 Å². The lowest BCUT2D eigenvalue weighted by Crippen LogP contribution is -1.89. The lowest BCUT2D eigenvalue weighted by molar-refractivity contribution is 0.199. The van der Waals surface area contributed by atoms with E-state index < -0.39 is 6.10 Å². The second-order valence-corrected chi connectivity index (χ2v) is 5.41. The lowest BCUT2D eigenvalue weighted by atomic mass is 10.1. The van der Waals surface area contributed by atoms with Crippen molar-refractivity contribution in [3.63, 3.8) is 0 Å². The number of aromatic nitrogens is 3. The molecule has 0 spiro atoms. The van der Waals surface area contributed by atoms with E-state index in [-0.39, 0.29) is 5.82 Å². The molecule has 0 bridgehead atoms. The number of benzene rings is 1. The molecule has 0 aliphatic heterocycles. The highest BCUT2D eigenvalue weighted by Crippen LogP contribution is 2.37. The topological polar surface area (TPSA) is 61.8 Å². The van der Waals surface area contributed by atoms with E-state index in [1.807, 2.05) is 6.07 Å².